The summed E-state index contributed by atoms with van der Waals surface area (Å²) in [4.78, 5) is 40.9. The van der Waals surface area contributed by atoms with Crippen LogP contribution in [0.15, 0.2) is 66.2 Å². The van der Waals surface area contributed by atoms with Crippen molar-refractivity contribution in [3.63, 3.8) is 0 Å². The number of anilines is 1. The summed E-state index contributed by atoms with van der Waals surface area (Å²) < 4.78 is 2.11. The zero-order valence-corrected chi connectivity index (χ0v) is 20.0. The molecule has 1 aliphatic rings. The molecule has 2 heterocycles. The van der Waals surface area contributed by atoms with E-state index in [2.05, 4.69) is 35.8 Å². The Bertz CT molecular complexity index is 1270. The molecule has 1 saturated heterocycles. The van der Waals surface area contributed by atoms with Crippen LogP contribution >= 0.6 is 0 Å². The standard InChI is InChI=1S/C28H29N3O3/c1-5-6-10-21-13-15-24(16-14-21)30-19(2)17-22(20(30)3)18-25-26(32)29(4)28(34)31(27(25)33)23-11-8-7-9-12-23/h7-9,11-18H,5-6,10H2,1-4H3/b25-18+. The van der Waals surface area contributed by atoms with Gasteiger partial charge in [0.1, 0.15) is 5.57 Å². The van der Waals surface area contributed by atoms with Crippen molar-refractivity contribution in [1.82, 2.24) is 9.47 Å². The highest BCUT2D eigenvalue weighted by molar-refractivity contribution is 6.39. The zero-order chi connectivity index (χ0) is 24.4. The molecule has 1 fully saturated rings. The first-order valence-corrected chi connectivity index (χ1v) is 11.5. The predicted molar refractivity (Wildman–Crippen MR) is 134 cm³/mol. The Labute approximate surface area is 200 Å². The van der Waals surface area contributed by atoms with E-state index >= 15 is 0 Å². The third-order valence-electron chi connectivity index (χ3n) is 6.24. The Hall–Kier alpha value is -3.93. The Morgan fingerprint density at radius 3 is 2.18 bits per heavy atom. The molecule has 174 valence electrons. The number of likely N-dealkylation sites (N-methyl/N-ethyl adjacent to an activating group) is 1. The summed E-state index contributed by atoms with van der Waals surface area (Å²) in [5.74, 6) is -1.23. The van der Waals surface area contributed by atoms with Crippen LogP contribution in [0.2, 0.25) is 0 Å². The van der Waals surface area contributed by atoms with E-state index in [0.29, 0.717) is 5.69 Å². The van der Waals surface area contributed by atoms with Gasteiger partial charge in [0.25, 0.3) is 11.8 Å². The number of hydrogen-bond acceptors (Lipinski definition) is 3. The Morgan fingerprint density at radius 1 is 0.853 bits per heavy atom. The van der Waals surface area contributed by atoms with Crippen LogP contribution in [0.25, 0.3) is 11.8 Å². The number of barbiturate groups is 1. The molecule has 0 aliphatic carbocycles. The predicted octanol–water partition coefficient (Wildman–Crippen LogP) is 5.45. The number of benzene rings is 2. The summed E-state index contributed by atoms with van der Waals surface area (Å²) in [5.41, 5.74) is 5.39. The molecule has 2 aromatic carbocycles. The Kier molecular flexibility index (Phi) is 6.50. The lowest BCUT2D eigenvalue weighted by Gasteiger charge is -2.31. The van der Waals surface area contributed by atoms with Crippen LogP contribution in [-0.4, -0.2) is 34.4 Å². The molecule has 0 spiro atoms. The molecule has 6 heteroatoms. The van der Waals surface area contributed by atoms with Gasteiger partial charge in [-0.1, -0.05) is 43.7 Å². The number of imide groups is 2. The Morgan fingerprint density at radius 2 is 1.53 bits per heavy atom. The average molecular weight is 456 g/mol. The van der Waals surface area contributed by atoms with Gasteiger partial charge in [0.2, 0.25) is 0 Å². The van der Waals surface area contributed by atoms with Gasteiger partial charge in [0.05, 0.1) is 5.69 Å². The number of nitrogens with zero attached hydrogens (tertiary/aromatic N) is 3. The number of carbonyl (C=O) groups is 3. The maximum atomic E-state index is 13.3. The van der Waals surface area contributed by atoms with Crippen LogP contribution < -0.4 is 4.90 Å². The number of carbonyl (C=O) groups excluding carboxylic acids is 3. The van der Waals surface area contributed by atoms with Gasteiger partial charge in [-0.15, -0.1) is 0 Å². The van der Waals surface area contributed by atoms with Gasteiger partial charge in [-0.3, -0.25) is 14.5 Å². The SMILES string of the molecule is CCCCc1ccc(-n2c(C)cc(/C=C3\C(=O)N(C)C(=O)N(c4ccccc4)C3=O)c2C)cc1. The molecule has 3 aromatic rings. The molecule has 4 rings (SSSR count). The number of rotatable bonds is 6. The largest absolute Gasteiger partial charge is 0.338 e. The summed E-state index contributed by atoms with van der Waals surface area (Å²) in [6.45, 7) is 6.15. The molecule has 0 unspecified atom stereocenters. The van der Waals surface area contributed by atoms with Gasteiger partial charge >= 0.3 is 6.03 Å². The summed E-state index contributed by atoms with van der Waals surface area (Å²) in [6, 6.07) is 18.4. The lowest BCUT2D eigenvalue weighted by Crippen LogP contribution is -2.55. The van der Waals surface area contributed by atoms with Crippen LogP contribution in [0.3, 0.4) is 0 Å². The van der Waals surface area contributed by atoms with E-state index in [9.17, 15) is 14.4 Å². The van der Waals surface area contributed by atoms with Gasteiger partial charge < -0.3 is 4.57 Å². The van der Waals surface area contributed by atoms with Crippen molar-refractivity contribution in [3.05, 3.63) is 88.8 Å². The number of para-hydroxylation sites is 1. The van der Waals surface area contributed by atoms with Crippen LogP contribution in [0.5, 0.6) is 0 Å². The lowest BCUT2D eigenvalue weighted by molar-refractivity contribution is -0.128. The van der Waals surface area contributed by atoms with E-state index in [1.165, 1.54) is 12.6 Å². The van der Waals surface area contributed by atoms with Crippen LogP contribution in [0, 0.1) is 13.8 Å². The van der Waals surface area contributed by atoms with E-state index in [-0.39, 0.29) is 5.57 Å². The number of hydrogen-bond donors (Lipinski definition) is 0. The van der Waals surface area contributed by atoms with Crippen molar-refractivity contribution in [2.24, 2.45) is 0 Å². The highest BCUT2D eigenvalue weighted by Gasteiger charge is 2.41. The highest BCUT2D eigenvalue weighted by atomic mass is 16.2. The van der Waals surface area contributed by atoms with Crippen molar-refractivity contribution in [2.45, 2.75) is 40.0 Å². The minimum atomic E-state index is -0.660. The number of unbranched alkanes of at least 4 members (excludes halogenated alkanes) is 1. The smallest absolute Gasteiger partial charge is 0.318 e. The van der Waals surface area contributed by atoms with E-state index in [0.717, 1.165) is 51.7 Å². The fraction of sp³-hybridized carbons (Fsp3) is 0.250. The molecular weight excluding hydrogens is 426 g/mol. The van der Waals surface area contributed by atoms with Gasteiger partial charge in [-0.2, -0.15) is 0 Å². The molecule has 4 amide bonds. The van der Waals surface area contributed by atoms with Crippen molar-refractivity contribution < 1.29 is 14.4 Å². The second-order valence-electron chi connectivity index (χ2n) is 8.61. The van der Waals surface area contributed by atoms with Crippen molar-refractivity contribution in [3.8, 4) is 5.69 Å². The first kappa shape index (κ1) is 23.2. The van der Waals surface area contributed by atoms with E-state index in [1.807, 2.05) is 19.9 Å². The number of aryl methyl sites for hydroxylation is 2. The van der Waals surface area contributed by atoms with Crippen LogP contribution in [-0.2, 0) is 16.0 Å². The van der Waals surface area contributed by atoms with Crippen molar-refractivity contribution in [2.75, 3.05) is 11.9 Å². The molecule has 1 aliphatic heterocycles. The minimum Gasteiger partial charge on any atom is -0.318 e. The normalized spacial score (nSPS) is 15.5. The maximum absolute atomic E-state index is 13.3. The summed E-state index contributed by atoms with van der Waals surface area (Å²) in [5, 5.41) is 0. The molecular formula is C28H29N3O3. The molecule has 34 heavy (non-hydrogen) atoms. The van der Waals surface area contributed by atoms with E-state index in [1.54, 1.807) is 36.4 Å². The fourth-order valence-electron chi connectivity index (χ4n) is 4.32. The number of urea groups is 1. The third-order valence-corrected chi connectivity index (χ3v) is 6.24. The van der Waals surface area contributed by atoms with Crippen molar-refractivity contribution >= 4 is 29.6 Å². The van der Waals surface area contributed by atoms with Gasteiger partial charge in [0.15, 0.2) is 0 Å². The molecule has 0 saturated carbocycles. The molecule has 0 bridgehead atoms. The summed E-state index contributed by atoms with van der Waals surface area (Å²) >= 11 is 0. The highest BCUT2D eigenvalue weighted by Crippen LogP contribution is 2.28. The first-order chi connectivity index (χ1) is 16.3. The minimum absolute atomic E-state index is 0.0406. The average Bonchev–Trinajstić information content (AvgIpc) is 3.13. The quantitative estimate of drug-likeness (QED) is 0.367. The van der Waals surface area contributed by atoms with Crippen LogP contribution in [0.4, 0.5) is 10.5 Å². The molecule has 1 aromatic heterocycles. The second-order valence-corrected chi connectivity index (χ2v) is 8.61. The van der Waals surface area contributed by atoms with Gasteiger partial charge in [-0.25, -0.2) is 9.69 Å². The maximum Gasteiger partial charge on any atom is 0.338 e. The van der Waals surface area contributed by atoms with Gasteiger partial charge in [0, 0.05) is 24.1 Å². The molecule has 0 N–H and O–H groups in total. The first-order valence-electron chi connectivity index (χ1n) is 11.5. The number of amides is 4. The molecule has 6 nitrogen and oxygen atoms in total. The van der Waals surface area contributed by atoms with Crippen LogP contribution in [0.1, 0.15) is 42.3 Å². The van der Waals surface area contributed by atoms with E-state index in [4.69, 9.17) is 0 Å². The molecule has 0 radical (unpaired) electrons. The van der Waals surface area contributed by atoms with E-state index < -0.39 is 17.8 Å². The van der Waals surface area contributed by atoms with Gasteiger partial charge in [-0.05, 0) is 74.2 Å². The topological polar surface area (TPSA) is 62.6 Å². The zero-order valence-electron chi connectivity index (χ0n) is 20.0. The summed E-state index contributed by atoms with van der Waals surface area (Å²) in [6.07, 6.45) is 4.98. The summed E-state index contributed by atoms with van der Waals surface area (Å²) in [7, 11) is 1.39. The lowest BCUT2D eigenvalue weighted by atomic mass is 10.1. The monoisotopic (exact) mass is 455 g/mol. The fourth-order valence-corrected chi connectivity index (χ4v) is 4.32. The van der Waals surface area contributed by atoms with Crippen molar-refractivity contribution in [1.29, 1.82) is 0 Å². The molecule has 0 atom stereocenters. The third kappa shape index (κ3) is 4.19. The number of aromatic nitrogens is 1. The second kappa shape index (κ2) is 9.51. The Balaban J connectivity index is 1.71.